The normalized spacial score (nSPS) is 17.5. The molecule has 0 bridgehead atoms. The van der Waals surface area contributed by atoms with Crippen molar-refractivity contribution in [3.63, 3.8) is 0 Å². The first-order valence-electron chi connectivity index (χ1n) is 7.11. The first-order chi connectivity index (χ1) is 10.1. The van der Waals surface area contributed by atoms with Crippen LogP contribution in [0.4, 0.5) is 0 Å². The number of carbonyl (C=O) groups is 2. The van der Waals surface area contributed by atoms with Crippen molar-refractivity contribution in [1.82, 2.24) is 0 Å². The van der Waals surface area contributed by atoms with E-state index in [-0.39, 0.29) is 11.9 Å². The van der Waals surface area contributed by atoms with Gasteiger partial charge in [0.05, 0.1) is 12.5 Å². The highest BCUT2D eigenvalue weighted by atomic mass is 16.5. The van der Waals surface area contributed by atoms with Gasteiger partial charge in [0.1, 0.15) is 11.3 Å². The molecule has 2 aromatic rings. The smallest absolute Gasteiger partial charge is 0.309 e. The summed E-state index contributed by atoms with van der Waals surface area (Å²) in [5.74, 6) is 0.0537. The molecule has 1 aliphatic rings. The van der Waals surface area contributed by atoms with Crippen LogP contribution in [0.5, 0.6) is 0 Å². The molecular weight excluding hydrogens is 270 g/mol. The summed E-state index contributed by atoms with van der Waals surface area (Å²) < 4.78 is 10.9. The van der Waals surface area contributed by atoms with Gasteiger partial charge in [-0.3, -0.25) is 9.59 Å². The molecule has 5 heteroatoms. The zero-order chi connectivity index (χ0) is 15.0. The largest absolute Gasteiger partial charge is 0.466 e. The van der Waals surface area contributed by atoms with Crippen molar-refractivity contribution >= 4 is 22.8 Å². The predicted octanol–water partition coefficient (Wildman–Crippen LogP) is 2.20. The van der Waals surface area contributed by atoms with Crippen LogP contribution >= 0.6 is 0 Å². The van der Waals surface area contributed by atoms with Gasteiger partial charge in [0, 0.05) is 22.9 Å². The summed E-state index contributed by atoms with van der Waals surface area (Å²) >= 11 is 0. The van der Waals surface area contributed by atoms with Crippen LogP contribution in [0.25, 0.3) is 11.0 Å². The minimum absolute atomic E-state index is 0.145. The lowest BCUT2D eigenvalue weighted by molar-refractivity contribution is -0.148. The Bertz CT molecular complexity index is 716. The topological polar surface area (TPSA) is 82.5 Å². The van der Waals surface area contributed by atoms with E-state index in [0.29, 0.717) is 18.6 Å². The van der Waals surface area contributed by atoms with Crippen LogP contribution < -0.4 is 5.73 Å². The number of ether oxygens (including phenoxy) is 1. The summed E-state index contributed by atoms with van der Waals surface area (Å²) in [5.41, 5.74) is 7.59. The molecule has 5 nitrogen and oxygen atoms in total. The number of hydrogen-bond acceptors (Lipinski definition) is 4. The van der Waals surface area contributed by atoms with Crippen LogP contribution in [0.2, 0.25) is 0 Å². The molecule has 21 heavy (non-hydrogen) atoms. The van der Waals surface area contributed by atoms with Gasteiger partial charge in [-0.05, 0) is 38.0 Å². The van der Waals surface area contributed by atoms with E-state index in [4.69, 9.17) is 14.9 Å². The van der Waals surface area contributed by atoms with Crippen molar-refractivity contribution in [1.29, 1.82) is 0 Å². The molecule has 1 heterocycles. The average molecular weight is 287 g/mol. The number of nitrogens with two attached hydrogens (primary N) is 1. The Balaban J connectivity index is 1.95. The van der Waals surface area contributed by atoms with Gasteiger partial charge in [0.25, 0.3) is 0 Å². The van der Waals surface area contributed by atoms with Crippen molar-refractivity contribution in [2.24, 2.45) is 11.7 Å². The second-order valence-corrected chi connectivity index (χ2v) is 5.27. The minimum Gasteiger partial charge on any atom is -0.466 e. The molecule has 0 radical (unpaired) electrons. The highest BCUT2D eigenvalue weighted by molar-refractivity contribution is 5.97. The molecule has 1 aliphatic carbocycles. The molecule has 0 fully saturated rings. The lowest BCUT2D eigenvalue weighted by atomic mass is 9.87. The third kappa shape index (κ3) is 2.39. The molecule has 1 atom stereocenters. The maximum atomic E-state index is 11.8. The van der Waals surface area contributed by atoms with E-state index < -0.39 is 5.91 Å². The Kier molecular flexibility index (Phi) is 3.41. The van der Waals surface area contributed by atoms with Crippen LogP contribution in [0.3, 0.4) is 0 Å². The maximum absolute atomic E-state index is 11.8. The fraction of sp³-hybridized carbons (Fsp3) is 0.375. The number of fused-ring (bicyclic) bond motifs is 3. The van der Waals surface area contributed by atoms with Gasteiger partial charge in [-0.1, -0.05) is 0 Å². The van der Waals surface area contributed by atoms with Crippen molar-refractivity contribution in [3.05, 3.63) is 35.1 Å². The highest BCUT2D eigenvalue weighted by Crippen LogP contribution is 2.35. The first kappa shape index (κ1) is 13.7. The third-order valence-electron chi connectivity index (χ3n) is 3.95. The van der Waals surface area contributed by atoms with Crippen molar-refractivity contribution < 1.29 is 18.7 Å². The molecule has 0 saturated heterocycles. The Morgan fingerprint density at radius 1 is 1.43 bits per heavy atom. The van der Waals surface area contributed by atoms with Gasteiger partial charge >= 0.3 is 5.97 Å². The number of rotatable bonds is 3. The van der Waals surface area contributed by atoms with E-state index in [0.717, 1.165) is 35.1 Å². The van der Waals surface area contributed by atoms with Crippen molar-refractivity contribution in [2.45, 2.75) is 26.2 Å². The van der Waals surface area contributed by atoms with E-state index in [9.17, 15) is 9.59 Å². The quantitative estimate of drug-likeness (QED) is 0.877. The lowest BCUT2D eigenvalue weighted by Crippen LogP contribution is -2.24. The molecule has 0 aliphatic heterocycles. The zero-order valence-corrected chi connectivity index (χ0v) is 11.8. The van der Waals surface area contributed by atoms with Gasteiger partial charge in [-0.25, -0.2) is 0 Å². The van der Waals surface area contributed by atoms with Crippen LogP contribution in [-0.2, 0) is 22.4 Å². The number of amides is 1. The minimum atomic E-state index is -0.452. The number of hydrogen-bond donors (Lipinski definition) is 1. The van der Waals surface area contributed by atoms with Gasteiger partial charge in [-0.2, -0.15) is 0 Å². The number of aryl methyl sites for hydroxylation is 1. The van der Waals surface area contributed by atoms with Crippen LogP contribution in [-0.4, -0.2) is 18.5 Å². The predicted molar refractivity (Wildman–Crippen MR) is 76.9 cm³/mol. The van der Waals surface area contributed by atoms with E-state index >= 15 is 0 Å². The van der Waals surface area contributed by atoms with Crippen LogP contribution in [0.1, 0.15) is 35.0 Å². The maximum Gasteiger partial charge on any atom is 0.309 e. The molecule has 2 N–H and O–H groups in total. The number of esters is 1. The zero-order valence-electron chi connectivity index (χ0n) is 11.8. The Morgan fingerprint density at radius 2 is 2.24 bits per heavy atom. The van der Waals surface area contributed by atoms with Gasteiger partial charge in [0.15, 0.2) is 0 Å². The standard InChI is InChI=1S/C16H17NO4/c1-2-20-16(19)10-3-5-11-12-7-9(15(17)18)4-6-13(12)21-14(11)8-10/h4,6-7,10H,2-3,5,8H2,1H3,(H2,17,18). The molecule has 1 amide bonds. The number of furan rings is 1. The molecule has 0 spiro atoms. The Hall–Kier alpha value is -2.30. The monoisotopic (exact) mass is 287 g/mol. The molecule has 3 rings (SSSR count). The number of carbonyl (C=O) groups excluding carboxylic acids is 2. The van der Waals surface area contributed by atoms with Gasteiger partial charge < -0.3 is 14.9 Å². The molecule has 1 aromatic heterocycles. The first-order valence-corrected chi connectivity index (χ1v) is 7.11. The number of primary amides is 1. The fourth-order valence-electron chi connectivity index (χ4n) is 2.90. The molecule has 110 valence electrons. The van der Waals surface area contributed by atoms with Gasteiger partial charge in [-0.15, -0.1) is 0 Å². The Morgan fingerprint density at radius 3 is 2.95 bits per heavy atom. The summed E-state index contributed by atoms with van der Waals surface area (Å²) in [5, 5.41) is 0.920. The lowest BCUT2D eigenvalue weighted by Gasteiger charge is -2.19. The number of benzene rings is 1. The molecule has 1 aromatic carbocycles. The third-order valence-corrected chi connectivity index (χ3v) is 3.95. The van der Waals surface area contributed by atoms with Crippen molar-refractivity contribution in [2.75, 3.05) is 6.61 Å². The second kappa shape index (κ2) is 5.24. The molecular formula is C16H17NO4. The fourth-order valence-corrected chi connectivity index (χ4v) is 2.90. The second-order valence-electron chi connectivity index (χ2n) is 5.27. The highest BCUT2D eigenvalue weighted by Gasteiger charge is 2.29. The summed E-state index contributed by atoms with van der Waals surface area (Å²) in [7, 11) is 0. The van der Waals surface area contributed by atoms with E-state index in [1.54, 1.807) is 25.1 Å². The molecule has 1 unspecified atom stereocenters. The van der Waals surface area contributed by atoms with E-state index in [1.807, 2.05) is 0 Å². The van der Waals surface area contributed by atoms with Crippen LogP contribution in [0.15, 0.2) is 22.6 Å². The summed E-state index contributed by atoms with van der Waals surface area (Å²) in [6.45, 7) is 2.20. The van der Waals surface area contributed by atoms with Crippen molar-refractivity contribution in [3.8, 4) is 0 Å². The summed E-state index contributed by atoms with van der Waals surface area (Å²) in [6, 6.07) is 5.18. The summed E-state index contributed by atoms with van der Waals surface area (Å²) in [4.78, 5) is 23.1. The van der Waals surface area contributed by atoms with Crippen LogP contribution in [0, 0.1) is 5.92 Å². The Labute approximate surface area is 122 Å². The SMILES string of the molecule is CCOC(=O)C1CCc2c(oc3ccc(C(N)=O)cc23)C1. The molecule has 0 saturated carbocycles. The van der Waals surface area contributed by atoms with E-state index in [2.05, 4.69) is 0 Å². The van der Waals surface area contributed by atoms with Gasteiger partial charge in [0.2, 0.25) is 5.91 Å². The summed E-state index contributed by atoms with van der Waals surface area (Å²) in [6.07, 6.45) is 2.03. The average Bonchev–Trinajstić information content (AvgIpc) is 2.84. The van der Waals surface area contributed by atoms with E-state index in [1.165, 1.54) is 0 Å².